The number of hydrogen-bond acceptors (Lipinski definition) is 3. The number of likely N-dealkylation sites (tertiary alicyclic amines) is 1. The minimum absolute atomic E-state index is 0.0427. The van der Waals surface area contributed by atoms with Crippen molar-refractivity contribution >= 4 is 5.91 Å². The fraction of sp³-hybridized carbons (Fsp3) is 0.667. The lowest BCUT2D eigenvalue weighted by Gasteiger charge is -2.24. The van der Waals surface area contributed by atoms with E-state index >= 15 is 0 Å². The number of nitrogens with zero attached hydrogens (tertiary/aromatic N) is 2. The van der Waals surface area contributed by atoms with E-state index in [0.717, 1.165) is 19.3 Å². The van der Waals surface area contributed by atoms with Gasteiger partial charge in [-0.3, -0.25) is 4.79 Å². The number of amides is 1. The van der Waals surface area contributed by atoms with E-state index in [1.54, 1.807) is 4.90 Å². The Hall–Kier alpha value is -1.52. The van der Waals surface area contributed by atoms with Crippen LogP contribution < -0.4 is 5.32 Å². The van der Waals surface area contributed by atoms with Gasteiger partial charge in [-0.15, -0.1) is 6.42 Å². The van der Waals surface area contributed by atoms with Crippen LogP contribution in [0.3, 0.4) is 0 Å². The summed E-state index contributed by atoms with van der Waals surface area (Å²) in [5.41, 5.74) is 0. The van der Waals surface area contributed by atoms with Gasteiger partial charge in [-0.05, 0) is 25.7 Å². The molecule has 2 fully saturated rings. The zero-order valence-corrected chi connectivity index (χ0v) is 9.15. The number of rotatable bonds is 3. The molecule has 1 saturated carbocycles. The van der Waals surface area contributed by atoms with Gasteiger partial charge in [0.1, 0.15) is 6.04 Å². The van der Waals surface area contributed by atoms with Crippen molar-refractivity contribution in [3.63, 3.8) is 0 Å². The van der Waals surface area contributed by atoms with Crippen LogP contribution in [0.25, 0.3) is 0 Å². The van der Waals surface area contributed by atoms with Gasteiger partial charge in [0, 0.05) is 6.04 Å². The molecule has 0 aromatic carbocycles. The molecule has 0 aromatic rings. The normalized spacial score (nSPS) is 28.5. The molecule has 4 nitrogen and oxygen atoms in total. The average Bonchev–Trinajstić information content (AvgIpc) is 3.03. The van der Waals surface area contributed by atoms with Crippen molar-refractivity contribution in [1.82, 2.24) is 10.2 Å². The van der Waals surface area contributed by atoms with Gasteiger partial charge in [0.2, 0.25) is 5.91 Å². The highest BCUT2D eigenvalue weighted by molar-refractivity contribution is 5.80. The number of nitriles is 1. The quantitative estimate of drug-likeness (QED) is 0.690. The van der Waals surface area contributed by atoms with Gasteiger partial charge in [-0.2, -0.15) is 5.26 Å². The van der Waals surface area contributed by atoms with Crippen molar-refractivity contribution in [2.24, 2.45) is 0 Å². The molecule has 0 radical (unpaired) electrons. The lowest BCUT2D eigenvalue weighted by molar-refractivity contribution is -0.131. The monoisotopic (exact) mass is 217 g/mol. The van der Waals surface area contributed by atoms with Crippen LogP contribution in [0.2, 0.25) is 0 Å². The molecule has 1 aliphatic heterocycles. The van der Waals surface area contributed by atoms with E-state index in [0.29, 0.717) is 19.0 Å². The molecule has 1 amide bonds. The standard InChI is InChI=1S/C12H15N3O/c1-2-10-5-6-11(7-13)15(10)12(16)8-14-9-3-4-9/h1,9-11,14H,3-6,8H2/t10?,11-/m0/s1. The van der Waals surface area contributed by atoms with E-state index in [9.17, 15) is 4.79 Å². The third-order valence-electron chi connectivity index (χ3n) is 3.13. The number of carbonyl (C=O) groups excluding carboxylic acids is 1. The first kappa shape index (κ1) is 11.0. The van der Waals surface area contributed by atoms with Crippen molar-refractivity contribution in [3.05, 3.63) is 0 Å². The Balaban J connectivity index is 1.95. The molecule has 1 saturated heterocycles. The van der Waals surface area contributed by atoms with Crippen LogP contribution in [0, 0.1) is 23.7 Å². The molecule has 0 spiro atoms. The Morgan fingerprint density at radius 2 is 2.06 bits per heavy atom. The minimum atomic E-state index is -0.338. The van der Waals surface area contributed by atoms with Crippen molar-refractivity contribution in [2.75, 3.05) is 6.54 Å². The number of terminal acetylenes is 1. The third kappa shape index (κ3) is 2.18. The van der Waals surface area contributed by atoms with Gasteiger partial charge in [0.15, 0.2) is 0 Å². The summed E-state index contributed by atoms with van der Waals surface area (Å²) in [5.74, 6) is 2.55. The van der Waals surface area contributed by atoms with Gasteiger partial charge in [0.05, 0.1) is 18.7 Å². The van der Waals surface area contributed by atoms with Crippen molar-refractivity contribution in [3.8, 4) is 18.4 Å². The summed E-state index contributed by atoms with van der Waals surface area (Å²) in [5, 5.41) is 12.1. The Bertz CT molecular complexity index is 339. The summed E-state index contributed by atoms with van der Waals surface area (Å²) < 4.78 is 0. The first-order chi connectivity index (χ1) is 7.76. The first-order valence-corrected chi connectivity index (χ1v) is 5.66. The van der Waals surface area contributed by atoms with E-state index in [2.05, 4.69) is 17.3 Å². The maximum atomic E-state index is 11.9. The highest BCUT2D eigenvalue weighted by Crippen LogP contribution is 2.24. The highest BCUT2D eigenvalue weighted by atomic mass is 16.2. The Morgan fingerprint density at radius 3 is 2.62 bits per heavy atom. The van der Waals surface area contributed by atoms with Gasteiger partial charge in [-0.25, -0.2) is 0 Å². The van der Waals surface area contributed by atoms with Crippen LogP contribution in [0.15, 0.2) is 0 Å². The summed E-state index contributed by atoms with van der Waals surface area (Å²) in [7, 11) is 0. The molecule has 16 heavy (non-hydrogen) atoms. The van der Waals surface area contributed by atoms with E-state index in [-0.39, 0.29) is 18.0 Å². The predicted octanol–water partition coefficient (Wildman–Crippen LogP) is 0.255. The number of hydrogen-bond donors (Lipinski definition) is 1. The lowest BCUT2D eigenvalue weighted by Crippen LogP contribution is -2.45. The van der Waals surface area contributed by atoms with Crippen molar-refractivity contribution in [2.45, 2.75) is 43.8 Å². The topological polar surface area (TPSA) is 56.1 Å². The molecule has 2 rings (SSSR count). The fourth-order valence-electron chi connectivity index (χ4n) is 2.06. The van der Waals surface area contributed by atoms with Crippen molar-refractivity contribution in [1.29, 1.82) is 5.26 Å². The SMILES string of the molecule is C#CC1CC[C@@H](C#N)N1C(=O)CNC1CC1. The second-order valence-corrected chi connectivity index (χ2v) is 4.36. The number of nitrogens with one attached hydrogen (secondary N) is 1. The van der Waals surface area contributed by atoms with Crippen LogP contribution in [0.4, 0.5) is 0 Å². The summed E-state index contributed by atoms with van der Waals surface area (Å²) in [6.07, 6.45) is 9.10. The Kier molecular flexibility index (Phi) is 3.12. The summed E-state index contributed by atoms with van der Waals surface area (Å²) in [6, 6.07) is 2.11. The van der Waals surface area contributed by atoms with Crippen LogP contribution in [0.5, 0.6) is 0 Å². The summed E-state index contributed by atoms with van der Waals surface area (Å²) in [4.78, 5) is 13.5. The average molecular weight is 217 g/mol. The zero-order valence-electron chi connectivity index (χ0n) is 9.15. The first-order valence-electron chi connectivity index (χ1n) is 5.66. The van der Waals surface area contributed by atoms with Crippen LogP contribution in [0.1, 0.15) is 25.7 Å². The molecule has 0 bridgehead atoms. The van der Waals surface area contributed by atoms with Gasteiger partial charge in [-0.1, -0.05) is 5.92 Å². The highest BCUT2D eigenvalue weighted by Gasteiger charge is 2.36. The van der Waals surface area contributed by atoms with Gasteiger partial charge >= 0.3 is 0 Å². The maximum Gasteiger partial charge on any atom is 0.238 e. The Morgan fingerprint density at radius 1 is 1.38 bits per heavy atom. The van der Waals surface area contributed by atoms with E-state index in [1.807, 2.05) is 0 Å². The van der Waals surface area contributed by atoms with Gasteiger partial charge in [0.25, 0.3) is 0 Å². The molecular formula is C12H15N3O. The third-order valence-corrected chi connectivity index (χ3v) is 3.13. The maximum absolute atomic E-state index is 11.9. The molecule has 4 heteroatoms. The lowest BCUT2D eigenvalue weighted by atomic mass is 10.2. The minimum Gasteiger partial charge on any atom is -0.312 e. The van der Waals surface area contributed by atoms with E-state index in [4.69, 9.17) is 11.7 Å². The second-order valence-electron chi connectivity index (χ2n) is 4.36. The molecule has 1 N–H and O–H groups in total. The van der Waals surface area contributed by atoms with Crippen LogP contribution in [-0.2, 0) is 4.79 Å². The van der Waals surface area contributed by atoms with E-state index in [1.165, 1.54) is 0 Å². The molecule has 2 aliphatic rings. The molecule has 1 aliphatic carbocycles. The summed E-state index contributed by atoms with van der Waals surface area (Å²) >= 11 is 0. The zero-order chi connectivity index (χ0) is 11.5. The van der Waals surface area contributed by atoms with Crippen molar-refractivity contribution < 1.29 is 4.79 Å². The summed E-state index contributed by atoms with van der Waals surface area (Å²) in [6.45, 7) is 0.307. The largest absolute Gasteiger partial charge is 0.312 e. The smallest absolute Gasteiger partial charge is 0.238 e. The van der Waals surface area contributed by atoms with Crippen LogP contribution >= 0.6 is 0 Å². The number of carbonyl (C=O) groups is 1. The van der Waals surface area contributed by atoms with E-state index < -0.39 is 0 Å². The van der Waals surface area contributed by atoms with Gasteiger partial charge < -0.3 is 10.2 Å². The molecule has 1 heterocycles. The predicted molar refractivity (Wildman–Crippen MR) is 59.1 cm³/mol. The Labute approximate surface area is 95.6 Å². The molecular weight excluding hydrogens is 202 g/mol. The second kappa shape index (κ2) is 4.55. The molecule has 2 atom stereocenters. The van der Waals surface area contributed by atoms with Crippen LogP contribution in [-0.4, -0.2) is 35.5 Å². The molecule has 0 aromatic heterocycles. The molecule has 84 valence electrons. The molecule has 1 unspecified atom stereocenters. The fourth-order valence-corrected chi connectivity index (χ4v) is 2.06.